The molecule has 0 saturated carbocycles. The van der Waals surface area contributed by atoms with Crippen LogP contribution >= 0.6 is 0 Å². The molecule has 0 saturated heterocycles. The summed E-state index contributed by atoms with van der Waals surface area (Å²) in [6.45, 7) is 12.7. The van der Waals surface area contributed by atoms with Crippen LogP contribution in [0.4, 0.5) is 10.5 Å². The number of hydrogen-bond acceptors (Lipinski definition) is 2. The first kappa shape index (κ1) is 13.0. The molecule has 0 fully saturated rings. The standard InChI is InChI=1S/C13H16N2O2/c1-13(2,3)17-12(16)15-9-10-6-5-7-11(8-10)14-4/h5-8H,9H2,1-3H3,(H,15,16). The van der Waals surface area contributed by atoms with Gasteiger partial charge < -0.3 is 10.1 Å². The maximum Gasteiger partial charge on any atom is 0.407 e. The van der Waals surface area contributed by atoms with E-state index in [2.05, 4.69) is 10.2 Å². The molecule has 4 nitrogen and oxygen atoms in total. The Bertz CT molecular complexity index is 441. The summed E-state index contributed by atoms with van der Waals surface area (Å²) < 4.78 is 5.11. The molecule has 0 radical (unpaired) electrons. The first-order valence-corrected chi connectivity index (χ1v) is 5.34. The van der Waals surface area contributed by atoms with Gasteiger partial charge in [0.15, 0.2) is 5.69 Å². The quantitative estimate of drug-likeness (QED) is 0.795. The molecular formula is C13H16N2O2. The van der Waals surface area contributed by atoms with Crippen molar-refractivity contribution in [3.05, 3.63) is 41.2 Å². The van der Waals surface area contributed by atoms with Crippen molar-refractivity contribution < 1.29 is 9.53 Å². The normalized spacial score (nSPS) is 10.5. The van der Waals surface area contributed by atoms with Gasteiger partial charge in [0.25, 0.3) is 0 Å². The fourth-order valence-electron chi connectivity index (χ4n) is 1.22. The van der Waals surface area contributed by atoms with E-state index < -0.39 is 11.7 Å². The molecule has 1 aromatic rings. The summed E-state index contributed by atoms with van der Waals surface area (Å²) in [6.07, 6.45) is -0.453. The van der Waals surface area contributed by atoms with E-state index in [0.717, 1.165) is 5.56 Å². The Morgan fingerprint density at radius 1 is 1.47 bits per heavy atom. The van der Waals surface area contributed by atoms with Gasteiger partial charge in [-0.15, -0.1) is 0 Å². The number of rotatable bonds is 2. The number of nitrogens with zero attached hydrogens (tertiary/aromatic N) is 1. The van der Waals surface area contributed by atoms with E-state index in [1.807, 2.05) is 26.8 Å². The summed E-state index contributed by atoms with van der Waals surface area (Å²) >= 11 is 0. The van der Waals surface area contributed by atoms with Gasteiger partial charge in [-0.25, -0.2) is 9.64 Å². The van der Waals surface area contributed by atoms with E-state index in [9.17, 15) is 4.79 Å². The summed E-state index contributed by atoms with van der Waals surface area (Å²) in [5.74, 6) is 0. The molecule has 0 aliphatic heterocycles. The third kappa shape index (κ3) is 5.03. The van der Waals surface area contributed by atoms with Gasteiger partial charge in [0.1, 0.15) is 5.60 Å². The molecule has 0 aromatic heterocycles. The molecule has 0 heterocycles. The molecule has 0 spiro atoms. The molecule has 0 aliphatic rings. The minimum atomic E-state index is -0.498. The summed E-state index contributed by atoms with van der Waals surface area (Å²) in [6, 6.07) is 7.11. The molecule has 0 unspecified atom stereocenters. The van der Waals surface area contributed by atoms with Crippen LogP contribution in [0.1, 0.15) is 26.3 Å². The van der Waals surface area contributed by atoms with Crippen LogP contribution in [0, 0.1) is 6.57 Å². The summed E-state index contributed by atoms with van der Waals surface area (Å²) in [7, 11) is 0. The molecule has 0 bridgehead atoms. The Morgan fingerprint density at radius 3 is 2.76 bits per heavy atom. The predicted octanol–water partition coefficient (Wildman–Crippen LogP) is 3.26. The van der Waals surface area contributed by atoms with Crippen LogP contribution in [-0.4, -0.2) is 11.7 Å². The third-order valence-electron chi connectivity index (χ3n) is 1.88. The number of ether oxygens (including phenoxy) is 1. The molecule has 1 amide bonds. The fourth-order valence-corrected chi connectivity index (χ4v) is 1.22. The Kier molecular flexibility index (Phi) is 4.11. The Hall–Kier alpha value is -2.02. The van der Waals surface area contributed by atoms with Crippen molar-refractivity contribution in [1.82, 2.24) is 5.32 Å². The molecule has 0 aliphatic carbocycles. The van der Waals surface area contributed by atoms with Gasteiger partial charge in [-0.2, -0.15) is 0 Å². The Morgan fingerprint density at radius 2 is 2.18 bits per heavy atom. The molecule has 4 heteroatoms. The number of amides is 1. The van der Waals surface area contributed by atoms with E-state index in [0.29, 0.717) is 12.2 Å². The highest BCUT2D eigenvalue weighted by Gasteiger charge is 2.15. The van der Waals surface area contributed by atoms with Crippen LogP contribution in [0.5, 0.6) is 0 Å². The molecule has 1 aromatic carbocycles. The second kappa shape index (κ2) is 5.35. The molecular weight excluding hydrogens is 216 g/mol. The third-order valence-corrected chi connectivity index (χ3v) is 1.88. The zero-order valence-electron chi connectivity index (χ0n) is 10.3. The van der Waals surface area contributed by atoms with E-state index in [-0.39, 0.29) is 0 Å². The first-order chi connectivity index (χ1) is 7.90. The highest BCUT2D eigenvalue weighted by molar-refractivity contribution is 5.67. The van der Waals surface area contributed by atoms with Gasteiger partial charge >= 0.3 is 6.09 Å². The van der Waals surface area contributed by atoms with Crippen molar-refractivity contribution in [3.63, 3.8) is 0 Å². The lowest BCUT2D eigenvalue weighted by atomic mass is 10.2. The second-order valence-electron chi connectivity index (χ2n) is 4.64. The van der Waals surface area contributed by atoms with Gasteiger partial charge in [0.05, 0.1) is 6.57 Å². The van der Waals surface area contributed by atoms with E-state index in [1.165, 1.54) is 0 Å². The monoisotopic (exact) mass is 232 g/mol. The average molecular weight is 232 g/mol. The predicted molar refractivity (Wildman–Crippen MR) is 65.8 cm³/mol. The van der Waals surface area contributed by atoms with Crippen LogP contribution in [0.25, 0.3) is 4.85 Å². The second-order valence-corrected chi connectivity index (χ2v) is 4.64. The number of carbonyl (C=O) groups is 1. The lowest BCUT2D eigenvalue weighted by Crippen LogP contribution is -2.32. The highest BCUT2D eigenvalue weighted by atomic mass is 16.6. The van der Waals surface area contributed by atoms with Gasteiger partial charge in [-0.3, -0.25) is 0 Å². The Labute approximate surface area is 101 Å². The number of nitrogens with one attached hydrogen (secondary N) is 1. The largest absolute Gasteiger partial charge is 0.444 e. The van der Waals surface area contributed by atoms with Gasteiger partial charge in [-0.1, -0.05) is 24.3 Å². The Balaban J connectivity index is 2.51. The SMILES string of the molecule is [C-]#[N+]c1cccc(CNC(=O)OC(C)(C)C)c1. The van der Waals surface area contributed by atoms with Crippen molar-refractivity contribution in [2.24, 2.45) is 0 Å². The smallest absolute Gasteiger partial charge is 0.407 e. The minimum Gasteiger partial charge on any atom is -0.444 e. The van der Waals surface area contributed by atoms with Crippen LogP contribution in [-0.2, 0) is 11.3 Å². The maximum atomic E-state index is 11.4. The lowest BCUT2D eigenvalue weighted by Gasteiger charge is -2.19. The highest BCUT2D eigenvalue weighted by Crippen LogP contribution is 2.13. The summed E-state index contributed by atoms with van der Waals surface area (Å²) in [5.41, 5.74) is 0.945. The van der Waals surface area contributed by atoms with E-state index in [4.69, 9.17) is 11.3 Å². The van der Waals surface area contributed by atoms with Crippen LogP contribution in [0.15, 0.2) is 24.3 Å². The average Bonchev–Trinajstić information content (AvgIpc) is 2.24. The van der Waals surface area contributed by atoms with E-state index >= 15 is 0 Å². The zero-order valence-corrected chi connectivity index (χ0v) is 10.3. The van der Waals surface area contributed by atoms with Crippen LogP contribution in [0.3, 0.4) is 0 Å². The van der Waals surface area contributed by atoms with Gasteiger partial charge in [0, 0.05) is 6.54 Å². The maximum absolute atomic E-state index is 11.4. The lowest BCUT2D eigenvalue weighted by molar-refractivity contribution is 0.0523. The number of benzene rings is 1. The van der Waals surface area contributed by atoms with Crippen molar-refractivity contribution >= 4 is 11.8 Å². The summed E-state index contributed by atoms with van der Waals surface area (Å²) in [4.78, 5) is 14.7. The molecule has 1 rings (SSSR count). The number of carbonyl (C=O) groups excluding carboxylic acids is 1. The van der Waals surface area contributed by atoms with Gasteiger partial charge in [0.2, 0.25) is 0 Å². The summed E-state index contributed by atoms with van der Waals surface area (Å²) in [5, 5.41) is 2.64. The molecule has 17 heavy (non-hydrogen) atoms. The number of alkyl carbamates (subject to hydrolysis) is 1. The van der Waals surface area contributed by atoms with Crippen LogP contribution in [0.2, 0.25) is 0 Å². The van der Waals surface area contributed by atoms with Gasteiger partial charge in [-0.05, 0) is 26.3 Å². The van der Waals surface area contributed by atoms with Crippen molar-refractivity contribution in [3.8, 4) is 0 Å². The number of hydrogen-bond donors (Lipinski definition) is 1. The molecule has 0 atom stereocenters. The van der Waals surface area contributed by atoms with Crippen molar-refractivity contribution in [2.75, 3.05) is 0 Å². The van der Waals surface area contributed by atoms with Crippen LogP contribution < -0.4 is 5.32 Å². The van der Waals surface area contributed by atoms with E-state index in [1.54, 1.807) is 18.2 Å². The zero-order chi connectivity index (χ0) is 12.9. The minimum absolute atomic E-state index is 0.359. The topological polar surface area (TPSA) is 42.7 Å². The molecule has 1 N–H and O–H groups in total. The fraction of sp³-hybridized carbons (Fsp3) is 0.385. The molecule has 90 valence electrons. The van der Waals surface area contributed by atoms with Crippen molar-refractivity contribution in [1.29, 1.82) is 0 Å². The first-order valence-electron chi connectivity index (χ1n) is 5.34. The van der Waals surface area contributed by atoms with Crippen molar-refractivity contribution in [2.45, 2.75) is 32.9 Å².